The van der Waals surface area contributed by atoms with Crippen molar-refractivity contribution in [3.63, 3.8) is 0 Å². The van der Waals surface area contributed by atoms with Gasteiger partial charge >= 0.3 is 6.18 Å². The van der Waals surface area contributed by atoms with Crippen LogP contribution in [-0.2, 0) is 24.1 Å². The topological polar surface area (TPSA) is 59.4 Å². The zero-order chi connectivity index (χ0) is 26.7. The van der Waals surface area contributed by atoms with Crippen molar-refractivity contribution in [3.05, 3.63) is 89.7 Å². The number of anilines is 1. The summed E-state index contributed by atoms with van der Waals surface area (Å²) in [7, 11) is 1.65. The lowest BCUT2D eigenvalue weighted by Gasteiger charge is -2.31. The van der Waals surface area contributed by atoms with Gasteiger partial charge in [-0.1, -0.05) is 30.3 Å². The molecular weight excluding hydrogens is 493 g/mol. The molecule has 0 atom stereocenters. The Hall–Kier alpha value is -3.85. The number of alkyl halides is 3. The molecule has 1 aliphatic heterocycles. The number of likely N-dealkylation sites (tertiary alicyclic amines) is 1. The summed E-state index contributed by atoms with van der Waals surface area (Å²) in [5.41, 5.74) is 2.53. The number of nitrogens with one attached hydrogen (secondary N) is 1. The van der Waals surface area contributed by atoms with E-state index in [-0.39, 0.29) is 17.5 Å². The number of aromatic nitrogens is 2. The Kier molecular flexibility index (Phi) is 7.37. The number of fused-ring (bicyclic) bond motifs is 1. The van der Waals surface area contributed by atoms with E-state index in [0.717, 1.165) is 40.3 Å². The van der Waals surface area contributed by atoms with Gasteiger partial charge in [0.1, 0.15) is 11.6 Å². The van der Waals surface area contributed by atoms with Gasteiger partial charge in [0.25, 0.3) is 0 Å². The fraction of sp³-hybridized carbons (Fsp3) is 0.310. The number of imidazole rings is 1. The second-order valence-electron chi connectivity index (χ2n) is 9.57. The van der Waals surface area contributed by atoms with E-state index < -0.39 is 11.7 Å². The first-order valence-electron chi connectivity index (χ1n) is 12.6. The minimum Gasteiger partial charge on any atom is -0.497 e. The van der Waals surface area contributed by atoms with Gasteiger partial charge in [-0.3, -0.25) is 9.69 Å². The van der Waals surface area contributed by atoms with Crippen LogP contribution in [0.25, 0.3) is 11.0 Å². The van der Waals surface area contributed by atoms with Crippen LogP contribution in [0, 0.1) is 5.92 Å². The van der Waals surface area contributed by atoms with Gasteiger partial charge < -0.3 is 14.6 Å². The van der Waals surface area contributed by atoms with Crippen molar-refractivity contribution in [2.24, 2.45) is 5.92 Å². The summed E-state index contributed by atoms with van der Waals surface area (Å²) in [6.07, 6.45) is -3.19. The fourth-order valence-electron chi connectivity index (χ4n) is 4.91. The van der Waals surface area contributed by atoms with Crippen LogP contribution in [0.2, 0.25) is 0 Å². The van der Waals surface area contributed by atoms with Crippen molar-refractivity contribution in [1.29, 1.82) is 0 Å². The second kappa shape index (κ2) is 10.9. The highest BCUT2D eigenvalue weighted by Crippen LogP contribution is 2.31. The van der Waals surface area contributed by atoms with E-state index in [4.69, 9.17) is 9.72 Å². The van der Waals surface area contributed by atoms with E-state index in [1.165, 1.54) is 12.1 Å². The largest absolute Gasteiger partial charge is 0.497 e. The van der Waals surface area contributed by atoms with Gasteiger partial charge in [0.15, 0.2) is 0 Å². The average Bonchev–Trinajstić information content (AvgIpc) is 3.25. The van der Waals surface area contributed by atoms with Crippen LogP contribution < -0.4 is 10.1 Å². The van der Waals surface area contributed by atoms with Gasteiger partial charge in [-0.05, 0) is 74.0 Å². The summed E-state index contributed by atoms with van der Waals surface area (Å²) < 4.78 is 46.5. The molecule has 1 saturated heterocycles. The molecule has 1 amide bonds. The van der Waals surface area contributed by atoms with E-state index in [0.29, 0.717) is 39.0 Å². The zero-order valence-corrected chi connectivity index (χ0v) is 21.0. The molecule has 5 rings (SSSR count). The number of hydrogen-bond donors (Lipinski definition) is 1. The minimum atomic E-state index is -4.45. The molecule has 1 fully saturated rings. The minimum absolute atomic E-state index is 0.166. The number of hydrogen-bond acceptors (Lipinski definition) is 4. The Labute approximate surface area is 219 Å². The molecule has 1 aromatic heterocycles. The number of amides is 1. The molecule has 0 bridgehead atoms. The summed E-state index contributed by atoms with van der Waals surface area (Å²) in [5.74, 6) is 1.27. The number of methoxy groups -OCH3 is 1. The van der Waals surface area contributed by atoms with Crippen molar-refractivity contribution in [2.45, 2.75) is 32.1 Å². The molecule has 38 heavy (non-hydrogen) atoms. The number of benzene rings is 3. The van der Waals surface area contributed by atoms with Crippen LogP contribution in [0.15, 0.2) is 72.8 Å². The lowest BCUT2D eigenvalue weighted by atomic mass is 9.95. The van der Waals surface area contributed by atoms with E-state index in [9.17, 15) is 18.0 Å². The monoisotopic (exact) mass is 522 g/mol. The predicted octanol–water partition coefficient (Wildman–Crippen LogP) is 5.96. The maximum atomic E-state index is 13.0. The third-order valence-corrected chi connectivity index (χ3v) is 7.01. The van der Waals surface area contributed by atoms with Gasteiger partial charge in [-0.15, -0.1) is 0 Å². The maximum absolute atomic E-state index is 13.0. The van der Waals surface area contributed by atoms with Gasteiger partial charge in [0.05, 0.1) is 30.3 Å². The summed E-state index contributed by atoms with van der Waals surface area (Å²) in [4.78, 5) is 20.0. The van der Waals surface area contributed by atoms with E-state index in [2.05, 4.69) is 20.9 Å². The lowest BCUT2D eigenvalue weighted by Crippen LogP contribution is -2.38. The zero-order valence-electron chi connectivity index (χ0n) is 21.0. The van der Waals surface area contributed by atoms with Crippen LogP contribution in [0.1, 0.15) is 29.8 Å². The van der Waals surface area contributed by atoms with Crippen molar-refractivity contribution in [1.82, 2.24) is 14.5 Å². The molecular formula is C29H29F3N4O2. The highest BCUT2D eigenvalue weighted by Gasteiger charge is 2.31. The predicted molar refractivity (Wildman–Crippen MR) is 140 cm³/mol. The average molecular weight is 523 g/mol. The Morgan fingerprint density at radius 2 is 1.74 bits per heavy atom. The van der Waals surface area contributed by atoms with Gasteiger partial charge in [0.2, 0.25) is 5.91 Å². The van der Waals surface area contributed by atoms with Gasteiger partial charge in [-0.25, -0.2) is 4.98 Å². The third kappa shape index (κ3) is 5.83. The van der Waals surface area contributed by atoms with E-state index in [1.807, 2.05) is 42.5 Å². The molecule has 0 radical (unpaired) electrons. The van der Waals surface area contributed by atoms with Crippen LogP contribution in [0.4, 0.5) is 18.9 Å². The quantitative estimate of drug-likeness (QED) is 0.325. The second-order valence-corrected chi connectivity index (χ2v) is 9.57. The van der Waals surface area contributed by atoms with Crippen LogP contribution in [0.5, 0.6) is 5.75 Å². The molecule has 4 aromatic rings. The highest BCUT2D eigenvalue weighted by molar-refractivity contribution is 5.92. The number of rotatable bonds is 7. The first kappa shape index (κ1) is 25.8. The van der Waals surface area contributed by atoms with Gasteiger partial charge in [0, 0.05) is 18.2 Å². The number of ether oxygens (including phenoxy) is 1. The van der Waals surface area contributed by atoms with Gasteiger partial charge in [-0.2, -0.15) is 13.2 Å². The number of halogens is 3. The molecule has 6 nitrogen and oxygen atoms in total. The molecule has 0 saturated carbocycles. The highest BCUT2D eigenvalue weighted by atomic mass is 19.4. The Balaban J connectivity index is 1.24. The standard InChI is InChI=1S/C29H29F3N4O2/c1-38-24-11-9-20(10-12-24)18-36-26-8-3-2-7-25(26)34-27(36)19-35-15-13-21(14-16-35)28(37)33-23-6-4-5-22(17-23)29(30,31)32/h2-12,17,21H,13-16,18-19H2,1H3,(H,33,37). The van der Waals surface area contributed by atoms with Crippen molar-refractivity contribution >= 4 is 22.6 Å². The summed E-state index contributed by atoms with van der Waals surface area (Å²) in [6, 6.07) is 20.8. The van der Waals surface area contributed by atoms with Crippen LogP contribution in [0.3, 0.4) is 0 Å². The number of nitrogens with zero attached hydrogens (tertiary/aromatic N) is 3. The molecule has 1 aliphatic rings. The van der Waals surface area contributed by atoms with Crippen LogP contribution >= 0.6 is 0 Å². The molecule has 0 aliphatic carbocycles. The number of carbonyl (C=O) groups is 1. The number of carbonyl (C=O) groups excluding carboxylic acids is 1. The lowest BCUT2D eigenvalue weighted by molar-refractivity contribution is -0.137. The summed E-state index contributed by atoms with van der Waals surface area (Å²) in [6.45, 7) is 2.72. The first-order valence-corrected chi connectivity index (χ1v) is 12.6. The molecule has 9 heteroatoms. The molecule has 3 aromatic carbocycles. The molecule has 0 spiro atoms. The van der Waals surface area contributed by atoms with E-state index in [1.54, 1.807) is 7.11 Å². The number of para-hydroxylation sites is 2. The van der Waals surface area contributed by atoms with E-state index >= 15 is 0 Å². The Morgan fingerprint density at radius 1 is 1.00 bits per heavy atom. The Bertz CT molecular complexity index is 1410. The molecule has 1 N–H and O–H groups in total. The molecule has 198 valence electrons. The van der Waals surface area contributed by atoms with Crippen molar-refractivity contribution in [3.8, 4) is 5.75 Å². The normalized spacial score (nSPS) is 15.1. The Morgan fingerprint density at radius 3 is 2.45 bits per heavy atom. The van der Waals surface area contributed by atoms with Crippen molar-refractivity contribution < 1.29 is 22.7 Å². The molecule has 2 heterocycles. The summed E-state index contributed by atoms with van der Waals surface area (Å²) in [5, 5.41) is 2.67. The fourth-order valence-corrected chi connectivity index (χ4v) is 4.91. The van der Waals surface area contributed by atoms with Crippen molar-refractivity contribution in [2.75, 3.05) is 25.5 Å². The third-order valence-electron chi connectivity index (χ3n) is 7.01. The van der Waals surface area contributed by atoms with Crippen LogP contribution in [-0.4, -0.2) is 40.6 Å². The first-order chi connectivity index (χ1) is 18.3. The SMILES string of the molecule is COc1ccc(Cn2c(CN3CCC(C(=O)Nc4cccc(C(F)(F)F)c4)CC3)nc3ccccc32)cc1. The molecule has 0 unspecified atom stereocenters. The maximum Gasteiger partial charge on any atom is 0.416 e. The smallest absolute Gasteiger partial charge is 0.416 e. The number of piperidine rings is 1. The summed E-state index contributed by atoms with van der Waals surface area (Å²) >= 11 is 0.